The summed E-state index contributed by atoms with van der Waals surface area (Å²) >= 11 is 0. The van der Waals surface area contributed by atoms with Gasteiger partial charge in [0.15, 0.2) is 0 Å². The Morgan fingerprint density at radius 2 is 2.23 bits per heavy atom. The summed E-state index contributed by atoms with van der Waals surface area (Å²) in [6, 6.07) is 0. The van der Waals surface area contributed by atoms with Crippen LogP contribution in [-0.2, 0) is 13.0 Å². The number of nitrogens with two attached hydrogens (primary N) is 1. The van der Waals surface area contributed by atoms with Gasteiger partial charge in [-0.05, 0) is 25.3 Å². The van der Waals surface area contributed by atoms with Crippen molar-refractivity contribution in [2.45, 2.75) is 31.7 Å². The second-order valence-corrected chi connectivity index (χ2v) is 4.17. The number of hydrogen-bond acceptors (Lipinski definition) is 3. The van der Waals surface area contributed by atoms with E-state index in [9.17, 15) is 0 Å². The first-order valence-corrected chi connectivity index (χ1v) is 5.00. The molecule has 1 aromatic heterocycles. The van der Waals surface area contributed by atoms with Crippen LogP contribution in [-0.4, -0.2) is 21.3 Å². The fourth-order valence-electron chi connectivity index (χ4n) is 2.08. The predicted molar refractivity (Wildman–Crippen MR) is 48.2 cm³/mol. The maximum atomic E-state index is 5.65. The van der Waals surface area contributed by atoms with Crippen LogP contribution in [0.4, 0.5) is 0 Å². The minimum Gasteiger partial charge on any atom is -0.330 e. The zero-order valence-corrected chi connectivity index (χ0v) is 7.61. The molecule has 1 aromatic rings. The Balaban J connectivity index is 1.92. The first-order valence-electron chi connectivity index (χ1n) is 5.00. The van der Waals surface area contributed by atoms with E-state index < -0.39 is 0 Å². The molecule has 0 aromatic carbocycles. The van der Waals surface area contributed by atoms with Gasteiger partial charge in [-0.2, -0.15) is 0 Å². The third-order valence-electron chi connectivity index (χ3n) is 3.04. The van der Waals surface area contributed by atoms with Crippen molar-refractivity contribution in [3.05, 3.63) is 11.6 Å². The lowest BCUT2D eigenvalue weighted by Gasteiger charge is -2.04. The predicted octanol–water partition coefficient (Wildman–Crippen LogP) is 0.286. The molecule has 2 heterocycles. The third kappa shape index (κ3) is 1.09. The van der Waals surface area contributed by atoms with Crippen molar-refractivity contribution >= 4 is 0 Å². The van der Waals surface area contributed by atoms with Crippen LogP contribution in [0.2, 0.25) is 0 Å². The largest absolute Gasteiger partial charge is 0.330 e. The van der Waals surface area contributed by atoms with E-state index in [1.54, 1.807) is 0 Å². The molecule has 4 nitrogen and oxygen atoms in total. The van der Waals surface area contributed by atoms with Crippen LogP contribution < -0.4 is 5.73 Å². The Bertz CT molecular complexity index is 326. The van der Waals surface area contributed by atoms with Gasteiger partial charge in [0.25, 0.3) is 0 Å². The highest BCUT2D eigenvalue weighted by atomic mass is 15.3. The summed E-state index contributed by atoms with van der Waals surface area (Å²) in [6.07, 6.45) is 3.62. The molecular weight excluding hydrogens is 164 g/mol. The minimum absolute atomic E-state index is 0.600. The summed E-state index contributed by atoms with van der Waals surface area (Å²) in [6.45, 7) is 1.82. The van der Waals surface area contributed by atoms with Crippen molar-refractivity contribution in [1.29, 1.82) is 0 Å². The molecule has 1 aliphatic heterocycles. The van der Waals surface area contributed by atoms with Crippen molar-refractivity contribution in [3.63, 3.8) is 0 Å². The van der Waals surface area contributed by atoms with Gasteiger partial charge < -0.3 is 10.3 Å². The summed E-state index contributed by atoms with van der Waals surface area (Å²) in [4.78, 5) is 0. The van der Waals surface area contributed by atoms with E-state index in [0.29, 0.717) is 11.8 Å². The molecule has 4 heteroatoms. The van der Waals surface area contributed by atoms with Gasteiger partial charge in [0.2, 0.25) is 0 Å². The number of aromatic nitrogens is 3. The molecule has 1 aliphatic carbocycles. The van der Waals surface area contributed by atoms with Gasteiger partial charge in [0.1, 0.15) is 11.6 Å². The maximum absolute atomic E-state index is 5.65. The summed E-state index contributed by atoms with van der Waals surface area (Å²) in [5.41, 5.74) is 5.65. The smallest absolute Gasteiger partial charge is 0.136 e. The van der Waals surface area contributed by atoms with E-state index in [-0.39, 0.29) is 0 Å². The standard InChI is InChI=1S/C9H14N4/c10-4-6-3-8-11-12-9(7-1-2-7)13(8)5-6/h6-7H,1-5,10H2. The molecule has 0 saturated heterocycles. The summed E-state index contributed by atoms with van der Waals surface area (Å²) < 4.78 is 2.29. The van der Waals surface area contributed by atoms with E-state index in [1.165, 1.54) is 18.7 Å². The molecule has 1 fully saturated rings. The molecule has 70 valence electrons. The molecular formula is C9H14N4. The molecule has 13 heavy (non-hydrogen) atoms. The minimum atomic E-state index is 0.600. The Kier molecular flexibility index (Phi) is 1.47. The van der Waals surface area contributed by atoms with Gasteiger partial charge in [-0.15, -0.1) is 10.2 Å². The molecule has 2 aliphatic rings. The summed E-state index contributed by atoms with van der Waals surface area (Å²) in [5.74, 6) is 3.67. The molecule has 2 N–H and O–H groups in total. The number of hydrogen-bond donors (Lipinski definition) is 1. The van der Waals surface area contributed by atoms with E-state index >= 15 is 0 Å². The second-order valence-electron chi connectivity index (χ2n) is 4.17. The number of rotatable bonds is 2. The van der Waals surface area contributed by atoms with E-state index in [0.717, 1.165) is 25.3 Å². The fourth-order valence-corrected chi connectivity index (χ4v) is 2.08. The molecule has 0 radical (unpaired) electrons. The molecule has 3 rings (SSSR count). The monoisotopic (exact) mass is 178 g/mol. The van der Waals surface area contributed by atoms with Crippen LogP contribution in [0.25, 0.3) is 0 Å². The number of nitrogens with zero attached hydrogens (tertiary/aromatic N) is 3. The van der Waals surface area contributed by atoms with Crippen LogP contribution >= 0.6 is 0 Å². The average Bonchev–Trinajstić information content (AvgIpc) is 2.78. The van der Waals surface area contributed by atoms with Crippen molar-refractivity contribution in [3.8, 4) is 0 Å². The highest BCUT2D eigenvalue weighted by Gasteiger charge is 2.33. The van der Waals surface area contributed by atoms with E-state index in [4.69, 9.17) is 5.73 Å². The van der Waals surface area contributed by atoms with Crippen LogP contribution in [0.1, 0.15) is 30.4 Å². The Morgan fingerprint density at radius 1 is 1.38 bits per heavy atom. The molecule has 1 atom stereocenters. The summed E-state index contributed by atoms with van der Waals surface area (Å²) in [7, 11) is 0. The SMILES string of the molecule is NCC1Cc2nnc(C3CC3)n2C1. The molecule has 1 saturated carbocycles. The Morgan fingerprint density at radius 3 is 2.92 bits per heavy atom. The first kappa shape index (κ1) is 7.50. The topological polar surface area (TPSA) is 56.7 Å². The van der Waals surface area contributed by atoms with Crippen molar-refractivity contribution < 1.29 is 0 Å². The Hall–Kier alpha value is -0.900. The second kappa shape index (κ2) is 2.54. The average molecular weight is 178 g/mol. The highest BCUT2D eigenvalue weighted by Crippen LogP contribution is 2.40. The lowest BCUT2D eigenvalue weighted by molar-refractivity contribution is 0.509. The maximum Gasteiger partial charge on any atom is 0.136 e. The van der Waals surface area contributed by atoms with Crippen molar-refractivity contribution in [2.75, 3.05) is 6.54 Å². The van der Waals surface area contributed by atoms with Crippen molar-refractivity contribution in [1.82, 2.24) is 14.8 Å². The number of fused-ring (bicyclic) bond motifs is 1. The van der Waals surface area contributed by atoms with Crippen LogP contribution in [0, 0.1) is 5.92 Å². The lowest BCUT2D eigenvalue weighted by atomic mass is 10.1. The van der Waals surface area contributed by atoms with Gasteiger partial charge in [-0.3, -0.25) is 0 Å². The van der Waals surface area contributed by atoms with Gasteiger partial charge in [0, 0.05) is 18.9 Å². The normalized spacial score (nSPS) is 26.4. The highest BCUT2D eigenvalue weighted by molar-refractivity contribution is 5.11. The van der Waals surface area contributed by atoms with Crippen molar-refractivity contribution in [2.24, 2.45) is 11.7 Å². The molecule has 0 amide bonds. The lowest BCUT2D eigenvalue weighted by Crippen LogP contribution is -2.16. The molecule has 0 spiro atoms. The van der Waals surface area contributed by atoms with E-state index in [2.05, 4.69) is 14.8 Å². The summed E-state index contributed by atoms with van der Waals surface area (Å²) in [5, 5.41) is 8.45. The van der Waals surface area contributed by atoms with Gasteiger partial charge in [-0.25, -0.2) is 0 Å². The first-order chi connectivity index (χ1) is 6.38. The Labute approximate surface area is 77.1 Å². The van der Waals surface area contributed by atoms with Gasteiger partial charge >= 0.3 is 0 Å². The zero-order chi connectivity index (χ0) is 8.84. The van der Waals surface area contributed by atoms with Gasteiger partial charge in [0.05, 0.1) is 0 Å². The van der Waals surface area contributed by atoms with Crippen LogP contribution in [0.15, 0.2) is 0 Å². The molecule has 1 unspecified atom stereocenters. The van der Waals surface area contributed by atoms with Crippen LogP contribution in [0.3, 0.4) is 0 Å². The third-order valence-corrected chi connectivity index (χ3v) is 3.04. The fraction of sp³-hybridized carbons (Fsp3) is 0.778. The van der Waals surface area contributed by atoms with Crippen LogP contribution in [0.5, 0.6) is 0 Å². The zero-order valence-electron chi connectivity index (χ0n) is 7.61. The van der Waals surface area contributed by atoms with Gasteiger partial charge in [-0.1, -0.05) is 0 Å². The van der Waals surface area contributed by atoms with E-state index in [1.807, 2.05) is 0 Å². The quantitative estimate of drug-likeness (QED) is 0.708. The molecule has 0 bridgehead atoms.